The summed E-state index contributed by atoms with van der Waals surface area (Å²) in [6, 6.07) is 7.75. The van der Waals surface area contributed by atoms with Crippen LogP contribution in [0.25, 0.3) is 0 Å². The number of rotatable bonds is 5. The molecule has 2 atom stereocenters. The van der Waals surface area contributed by atoms with Gasteiger partial charge < -0.3 is 14.7 Å². The number of hydrogen-bond acceptors (Lipinski definition) is 6. The first-order chi connectivity index (χ1) is 11.2. The number of ether oxygens (including phenoxy) is 1. The Labute approximate surface area is 141 Å². The lowest BCUT2D eigenvalue weighted by Crippen LogP contribution is -2.51. The van der Waals surface area contributed by atoms with Gasteiger partial charge in [-0.15, -0.1) is 11.3 Å². The lowest BCUT2D eigenvalue weighted by atomic mass is 10.0. The Morgan fingerprint density at radius 2 is 1.87 bits per heavy atom. The number of hydrogen-bond donors (Lipinski definition) is 1. The van der Waals surface area contributed by atoms with Crippen LogP contribution in [0.15, 0.2) is 35.8 Å². The molecule has 2 aromatic rings. The number of benzene rings is 1. The Bertz CT molecular complexity index is 595. The van der Waals surface area contributed by atoms with E-state index in [0.717, 1.165) is 42.6 Å². The molecule has 1 aromatic carbocycles. The predicted molar refractivity (Wildman–Crippen MR) is 93.3 cm³/mol. The standard InChI is InChI=1S/C17H23N3O2S/c1-13(16(21)14-3-5-15(22-2)6-4-14)19-8-10-20(11-9-19)17-18-7-12-23-17/h3-7,12-13,16,21H,8-11H2,1-2H3. The second-order valence-corrected chi connectivity index (χ2v) is 6.67. The molecule has 124 valence electrons. The minimum Gasteiger partial charge on any atom is -0.497 e. The SMILES string of the molecule is COc1ccc(C(O)C(C)N2CCN(c3nccs3)CC2)cc1. The summed E-state index contributed by atoms with van der Waals surface area (Å²) >= 11 is 1.68. The van der Waals surface area contributed by atoms with Crippen molar-refractivity contribution in [2.24, 2.45) is 0 Å². The molecule has 1 N–H and O–H groups in total. The summed E-state index contributed by atoms with van der Waals surface area (Å²) < 4.78 is 5.17. The topological polar surface area (TPSA) is 48.8 Å². The summed E-state index contributed by atoms with van der Waals surface area (Å²) in [7, 11) is 1.65. The van der Waals surface area contributed by atoms with Crippen molar-refractivity contribution < 1.29 is 9.84 Å². The number of nitrogens with zero attached hydrogens (tertiary/aromatic N) is 3. The van der Waals surface area contributed by atoms with Crippen LogP contribution < -0.4 is 9.64 Å². The number of aliphatic hydroxyl groups is 1. The third kappa shape index (κ3) is 3.65. The largest absolute Gasteiger partial charge is 0.497 e. The van der Waals surface area contributed by atoms with Gasteiger partial charge >= 0.3 is 0 Å². The summed E-state index contributed by atoms with van der Waals surface area (Å²) in [4.78, 5) is 9.03. The van der Waals surface area contributed by atoms with Crippen molar-refractivity contribution in [1.29, 1.82) is 0 Å². The average molecular weight is 333 g/mol. The van der Waals surface area contributed by atoms with Crippen molar-refractivity contribution in [1.82, 2.24) is 9.88 Å². The molecule has 0 bridgehead atoms. The Morgan fingerprint density at radius 1 is 1.17 bits per heavy atom. The van der Waals surface area contributed by atoms with Gasteiger partial charge in [-0.1, -0.05) is 12.1 Å². The van der Waals surface area contributed by atoms with Gasteiger partial charge in [-0.05, 0) is 24.6 Å². The molecule has 1 aliphatic rings. The zero-order valence-corrected chi connectivity index (χ0v) is 14.4. The van der Waals surface area contributed by atoms with E-state index >= 15 is 0 Å². The minimum absolute atomic E-state index is 0.0850. The van der Waals surface area contributed by atoms with E-state index in [0.29, 0.717) is 0 Å². The summed E-state index contributed by atoms with van der Waals surface area (Å²) in [5, 5.41) is 13.8. The van der Waals surface area contributed by atoms with Crippen LogP contribution in [-0.4, -0.2) is 54.3 Å². The monoisotopic (exact) mass is 333 g/mol. The maximum Gasteiger partial charge on any atom is 0.185 e. The van der Waals surface area contributed by atoms with Crippen LogP contribution in [0, 0.1) is 0 Å². The second-order valence-electron chi connectivity index (χ2n) is 5.80. The molecule has 1 aromatic heterocycles. The first kappa shape index (κ1) is 16.2. The minimum atomic E-state index is -0.493. The fourth-order valence-electron chi connectivity index (χ4n) is 2.97. The van der Waals surface area contributed by atoms with E-state index in [9.17, 15) is 5.11 Å². The van der Waals surface area contributed by atoms with E-state index in [-0.39, 0.29) is 6.04 Å². The van der Waals surface area contributed by atoms with Crippen molar-refractivity contribution in [3.8, 4) is 5.75 Å². The molecule has 2 heterocycles. The molecule has 2 unspecified atom stereocenters. The first-order valence-electron chi connectivity index (χ1n) is 7.89. The number of anilines is 1. The molecule has 0 spiro atoms. The van der Waals surface area contributed by atoms with Gasteiger partial charge in [0.05, 0.1) is 13.2 Å². The van der Waals surface area contributed by atoms with Crippen molar-refractivity contribution in [3.05, 3.63) is 41.4 Å². The smallest absolute Gasteiger partial charge is 0.185 e. The normalized spacial score (nSPS) is 18.7. The number of aromatic nitrogens is 1. The quantitative estimate of drug-likeness (QED) is 0.910. The van der Waals surface area contributed by atoms with Crippen LogP contribution in [0.4, 0.5) is 5.13 Å². The highest BCUT2D eigenvalue weighted by atomic mass is 32.1. The maximum atomic E-state index is 10.6. The highest BCUT2D eigenvalue weighted by Crippen LogP contribution is 2.25. The van der Waals surface area contributed by atoms with Gasteiger partial charge in [0, 0.05) is 43.8 Å². The highest BCUT2D eigenvalue weighted by molar-refractivity contribution is 7.13. The van der Waals surface area contributed by atoms with E-state index in [4.69, 9.17) is 4.74 Å². The molecule has 3 rings (SSSR count). The fourth-order valence-corrected chi connectivity index (χ4v) is 3.67. The number of piperazine rings is 1. The van der Waals surface area contributed by atoms with Crippen molar-refractivity contribution in [2.45, 2.75) is 19.1 Å². The van der Waals surface area contributed by atoms with Gasteiger partial charge in [0.2, 0.25) is 0 Å². The fraction of sp³-hybridized carbons (Fsp3) is 0.471. The lowest BCUT2D eigenvalue weighted by molar-refractivity contribution is 0.0545. The molecule has 0 saturated carbocycles. The molecule has 1 saturated heterocycles. The van der Waals surface area contributed by atoms with E-state index in [2.05, 4.69) is 21.7 Å². The molecular formula is C17H23N3O2S. The Hall–Kier alpha value is -1.63. The van der Waals surface area contributed by atoms with Crippen LogP contribution in [0.5, 0.6) is 5.75 Å². The molecule has 0 amide bonds. The third-order valence-corrected chi connectivity index (χ3v) is 5.33. The molecule has 6 heteroatoms. The van der Waals surface area contributed by atoms with E-state index < -0.39 is 6.10 Å². The molecule has 1 aliphatic heterocycles. The third-order valence-electron chi connectivity index (χ3n) is 4.49. The summed E-state index contributed by atoms with van der Waals surface area (Å²) in [5.41, 5.74) is 0.931. The van der Waals surface area contributed by atoms with Gasteiger partial charge in [0.25, 0.3) is 0 Å². The first-order valence-corrected chi connectivity index (χ1v) is 8.77. The lowest BCUT2D eigenvalue weighted by Gasteiger charge is -2.39. The van der Waals surface area contributed by atoms with E-state index in [1.807, 2.05) is 35.8 Å². The van der Waals surface area contributed by atoms with Crippen LogP contribution in [0.2, 0.25) is 0 Å². The van der Waals surface area contributed by atoms with E-state index in [1.165, 1.54) is 0 Å². The number of aliphatic hydroxyl groups excluding tert-OH is 1. The van der Waals surface area contributed by atoms with Crippen LogP contribution in [0.3, 0.4) is 0 Å². The molecular weight excluding hydrogens is 310 g/mol. The molecule has 23 heavy (non-hydrogen) atoms. The van der Waals surface area contributed by atoms with Gasteiger partial charge in [0.15, 0.2) is 5.13 Å². The highest BCUT2D eigenvalue weighted by Gasteiger charge is 2.27. The summed E-state index contributed by atoms with van der Waals surface area (Å²) in [6.07, 6.45) is 1.36. The number of methoxy groups -OCH3 is 1. The zero-order valence-electron chi connectivity index (χ0n) is 13.6. The Kier molecular flexibility index (Phi) is 5.15. The average Bonchev–Trinajstić information content (AvgIpc) is 3.15. The van der Waals surface area contributed by atoms with Crippen molar-refractivity contribution >= 4 is 16.5 Å². The molecule has 0 aliphatic carbocycles. The summed E-state index contributed by atoms with van der Waals surface area (Å²) in [6.45, 7) is 5.87. The van der Waals surface area contributed by atoms with Gasteiger partial charge in [-0.2, -0.15) is 0 Å². The Morgan fingerprint density at radius 3 is 2.43 bits per heavy atom. The van der Waals surface area contributed by atoms with Crippen molar-refractivity contribution in [2.75, 3.05) is 38.2 Å². The maximum absolute atomic E-state index is 10.6. The van der Waals surface area contributed by atoms with Crippen LogP contribution in [0.1, 0.15) is 18.6 Å². The van der Waals surface area contributed by atoms with Gasteiger partial charge in [-0.3, -0.25) is 4.90 Å². The van der Waals surface area contributed by atoms with E-state index in [1.54, 1.807) is 18.4 Å². The molecule has 5 nitrogen and oxygen atoms in total. The second kappa shape index (κ2) is 7.29. The van der Waals surface area contributed by atoms with Gasteiger partial charge in [0.1, 0.15) is 5.75 Å². The van der Waals surface area contributed by atoms with Crippen molar-refractivity contribution in [3.63, 3.8) is 0 Å². The molecule has 1 fully saturated rings. The predicted octanol–water partition coefficient (Wildman–Crippen LogP) is 2.40. The van der Waals surface area contributed by atoms with Gasteiger partial charge in [-0.25, -0.2) is 4.98 Å². The summed E-state index contributed by atoms with van der Waals surface area (Å²) in [5.74, 6) is 0.811. The molecule has 0 radical (unpaired) electrons. The zero-order chi connectivity index (χ0) is 16.2. The number of thiazole rings is 1. The van der Waals surface area contributed by atoms with Crippen LogP contribution >= 0.6 is 11.3 Å². The Balaban J connectivity index is 1.58. The van der Waals surface area contributed by atoms with Crippen LogP contribution in [-0.2, 0) is 0 Å².